The molecule has 0 unspecified atom stereocenters. The van der Waals surface area contributed by atoms with Gasteiger partial charge >= 0.3 is 0 Å². The van der Waals surface area contributed by atoms with E-state index in [2.05, 4.69) is 19.2 Å². The molecular weight excluding hydrogens is 236 g/mol. The third-order valence-electron chi connectivity index (χ3n) is 2.96. The van der Waals surface area contributed by atoms with E-state index < -0.39 is 11.6 Å². The zero-order chi connectivity index (χ0) is 13.6. The summed E-state index contributed by atoms with van der Waals surface area (Å²) in [6, 6.07) is 4.20. The highest BCUT2D eigenvalue weighted by atomic mass is 19.2. The Bertz CT molecular complexity index is 380. The van der Waals surface area contributed by atoms with Crippen LogP contribution in [0.2, 0.25) is 0 Å². The van der Waals surface area contributed by atoms with Crippen LogP contribution in [0.1, 0.15) is 32.3 Å². The molecule has 0 heterocycles. The van der Waals surface area contributed by atoms with Crippen LogP contribution in [0.15, 0.2) is 18.2 Å². The van der Waals surface area contributed by atoms with E-state index in [4.69, 9.17) is 5.11 Å². The number of rotatable bonds is 7. The van der Waals surface area contributed by atoms with E-state index in [1.165, 1.54) is 6.07 Å². The lowest BCUT2D eigenvalue weighted by Crippen LogP contribution is -2.29. The predicted octanol–water partition coefficient (Wildman–Crippen LogP) is 2.85. The van der Waals surface area contributed by atoms with Crippen molar-refractivity contribution in [1.29, 1.82) is 0 Å². The Morgan fingerprint density at radius 3 is 2.67 bits per heavy atom. The number of aliphatic hydroxyl groups excluding tert-OH is 1. The summed E-state index contributed by atoms with van der Waals surface area (Å²) < 4.78 is 26.4. The normalized spacial score (nSPS) is 11.8. The summed E-state index contributed by atoms with van der Waals surface area (Å²) in [5.41, 5.74) is 0.375. The van der Waals surface area contributed by atoms with Crippen molar-refractivity contribution >= 4 is 0 Å². The number of hydrogen-bond acceptors (Lipinski definition) is 2. The van der Waals surface area contributed by atoms with E-state index >= 15 is 0 Å². The van der Waals surface area contributed by atoms with E-state index in [-0.39, 0.29) is 12.0 Å². The van der Waals surface area contributed by atoms with Gasteiger partial charge < -0.3 is 10.4 Å². The SMILES string of the molecule is CC(C)(CCCO)CNCc1cccc(F)c1F. The number of aliphatic hydroxyl groups is 1. The minimum atomic E-state index is -0.811. The van der Waals surface area contributed by atoms with Crippen molar-refractivity contribution in [2.75, 3.05) is 13.2 Å². The fraction of sp³-hybridized carbons (Fsp3) is 0.571. The highest BCUT2D eigenvalue weighted by Gasteiger charge is 2.17. The van der Waals surface area contributed by atoms with Crippen LogP contribution in [-0.2, 0) is 6.54 Å². The van der Waals surface area contributed by atoms with E-state index in [1.807, 2.05) is 0 Å². The topological polar surface area (TPSA) is 32.3 Å². The maximum absolute atomic E-state index is 13.4. The molecule has 102 valence electrons. The van der Waals surface area contributed by atoms with Crippen molar-refractivity contribution in [2.24, 2.45) is 5.41 Å². The number of nitrogens with one attached hydrogen (secondary N) is 1. The summed E-state index contributed by atoms with van der Waals surface area (Å²) in [4.78, 5) is 0. The number of hydrogen-bond donors (Lipinski definition) is 2. The molecule has 0 aromatic heterocycles. The fourth-order valence-electron chi connectivity index (χ4n) is 1.87. The number of halogens is 2. The Kier molecular flexibility index (Phi) is 5.69. The summed E-state index contributed by atoms with van der Waals surface area (Å²) in [6.45, 7) is 5.35. The molecule has 0 bridgehead atoms. The summed E-state index contributed by atoms with van der Waals surface area (Å²) in [6.07, 6.45) is 1.64. The van der Waals surface area contributed by atoms with Gasteiger partial charge in [-0.2, -0.15) is 0 Å². The molecule has 2 nitrogen and oxygen atoms in total. The Morgan fingerprint density at radius 1 is 1.28 bits per heavy atom. The lowest BCUT2D eigenvalue weighted by atomic mass is 9.88. The Hall–Kier alpha value is -1.00. The first-order valence-electron chi connectivity index (χ1n) is 6.21. The quantitative estimate of drug-likeness (QED) is 0.787. The van der Waals surface area contributed by atoms with Crippen LogP contribution in [0.3, 0.4) is 0 Å². The summed E-state index contributed by atoms with van der Waals surface area (Å²) >= 11 is 0. The van der Waals surface area contributed by atoms with Gasteiger partial charge in [0, 0.05) is 25.3 Å². The summed E-state index contributed by atoms with van der Waals surface area (Å²) in [5.74, 6) is -1.59. The first-order chi connectivity index (χ1) is 8.46. The molecule has 2 N–H and O–H groups in total. The Balaban J connectivity index is 2.44. The molecule has 0 aliphatic heterocycles. The van der Waals surface area contributed by atoms with Gasteiger partial charge in [-0.05, 0) is 24.3 Å². The molecule has 1 aromatic rings. The van der Waals surface area contributed by atoms with Crippen molar-refractivity contribution in [1.82, 2.24) is 5.32 Å². The van der Waals surface area contributed by atoms with Crippen molar-refractivity contribution in [3.05, 3.63) is 35.4 Å². The van der Waals surface area contributed by atoms with E-state index in [1.54, 1.807) is 6.07 Å². The first kappa shape index (κ1) is 15.1. The van der Waals surface area contributed by atoms with Gasteiger partial charge in [0.05, 0.1) is 0 Å². The van der Waals surface area contributed by atoms with Gasteiger partial charge in [-0.15, -0.1) is 0 Å². The summed E-state index contributed by atoms with van der Waals surface area (Å²) in [7, 11) is 0. The highest BCUT2D eigenvalue weighted by Crippen LogP contribution is 2.21. The number of benzene rings is 1. The Morgan fingerprint density at radius 2 is 2.00 bits per heavy atom. The van der Waals surface area contributed by atoms with Crippen molar-refractivity contribution in [2.45, 2.75) is 33.2 Å². The van der Waals surface area contributed by atoms with Gasteiger partial charge in [0.2, 0.25) is 0 Å². The predicted molar refractivity (Wildman–Crippen MR) is 68.2 cm³/mol. The zero-order valence-corrected chi connectivity index (χ0v) is 11.0. The van der Waals surface area contributed by atoms with E-state index in [0.29, 0.717) is 18.7 Å². The standard InChI is InChI=1S/C14H21F2NO/c1-14(2,7-4-8-18)10-17-9-11-5-3-6-12(15)13(11)16/h3,5-6,17-18H,4,7-10H2,1-2H3. The van der Waals surface area contributed by atoms with Crippen molar-refractivity contribution in [3.63, 3.8) is 0 Å². The van der Waals surface area contributed by atoms with Crippen LogP contribution in [0, 0.1) is 17.0 Å². The average Bonchev–Trinajstić information content (AvgIpc) is 2.32. The molecule has 1 aromatic carbocycles. The van der Waals surface area contributed by atoms with Crippen LogP contribution in [0.4, 0.5) is 8.78 Å². The molecule has 0 spiro atoms. The van der Waals surface area contributed by atoms with Crippen LogP contribution >= 0.6 is 0 Å². The van der Waals surface area contributed by atoms with Gasteiger partial charge in [0.25, 0.3) is 0 Å². The molecule has 0 radical (unpaired) electrons. The second-order valence-electron chi connectivity index (χ2n) is 5.31. The molecule has 0 fully saturated rings. The van der Waals surface area contributed by atoms with Crippen LogP contribution in [0.25, 0.3) is 0 Å². The molecule has 0 amide bonds. The molecule has 18 heavy (non-hydrogen) atoms. The molecule has 1 rings (SSSR count). The van der Waals surface area contributed by atoms with Crippen molar-refractivity contribution in [3.8, 4) is 0 Å². The second-order valence-corrected chi connectivity index (χ2v) is 5.31. The van der Waals surface area contributed by atoms with E-state index in [9.17, 15) is 8.78 Å². The van der Waals surface area contributed by atoms with Gasteiger partial charge in [0.1, 0.15) is 0 Å². The van der Waals surface area contributed by atoms with Gasteiger partial charge in [-0.3, -0.25) is 0 Å². The Labute approximate surface area is 107 Å². The van der Waals surface area contributed by atoms with Gasteiger partial charge in [-0.25, -0.2) is 8.78 Å². The third-order valence-corrected chi connectivity index (χ3v) is 2.96. The van der Waals surface area contributed by atoms with Crippen LogP contribution in [0.5, 0.6) is 0 Å². The van der Waals surface area contributed by atoms with Crippen LogP contribution < -0.4 is 5.32 Å². The molecule has 4 heteroatoms. The first-order valence-corrected chi connectivity index (χ1v) is 6.21. The maximum atomic E-state index is 13.4. The lowest BCUT2D eigenvalue weighted by Gasteiger charge is -2.24. The van der Waals surface area contributed by atoms with Crippen molar-refractivity contribution < 1.29 is 13.9 Å². The monoisotopic (exact) mass is 257 g/mol. The fourth-order valence-corrected chi connectivity index (χ4v) is 1.87. The average molecular weight is 257 g/mol. The molecule has 0 aliphatic carbocycles. The second kappa shape index (κ2) is 6.81. The third kappa shape index (κ3) is 4.70. The minimum Gasteiger partial charge on any atom is -0.396 e. The van der Waals surface area contributed by atoms with Gasteiger partial charge in [-0.1, -0.05) is 26.0 Å². The highest BCUT2D eigenvalue weighted by molar-refractivity contribution is 5.18. The maximum Gasteiger partial charge on any atom is 0.163 e. The minimum absolute atomic E-state index is 0.0343. The largest absolute Gasteiger partial charge is 0.396 e. The van der Waals surface area contributed by atoms with Gasteiger partial charge in [0.15, 0.2) is 11.6 Å². The molecule has 0 aliphatic rings. The lowest BCUT2D eigenvalue weighted by molar-refractivity contribution is 0.236. The van der Waals surface area contributed by atoms with E-state index in [0.717, 1.165) is 18.9 Å². The van der Waals surface area contributed by atoms with Crippen LogP contribution in [-0.4, -0.2) is 18.3 Å². The molecular formula is C14H21F2NO. The smallest absolute Gasteiger partial charge is 0.163 e. The zero-order valence-electron chi connectivity index (χ0n) is 11.0. The summed E-state index contributed by atoms with van der Waals surface area (Å²) in [5, 5.41) is 11.9. The molecule has 0 atom stereocenters. The molecule has 0 saturated heterocycles. The molecule has 0 saturated carbocycles.